The molecule has 0 bridgehead atoms. The Morgan fingerprint density at radius 3 is 2.54 bits per heavy atom. The van der Waals surface area contributed by atoms with Gasteiger partial charge in [0.1, 0.15) is 23.1 Å². The number of carbonyl (C=O) groups is 1. The van der Waals surface area contributed by atoms with E-state index in [4.69, 9.17) is 14.0 Å². The molecule has 0 aliphatic carbocycles. The van der Waals surface area contributed by atoms with Crippen molar-refractivity contribution in [3.05, 3.63) is 54.2 Å². The molecule has 2 aromatic rings. The molecule has 146 valence electrons. The summed E-state index contributed by atoms with van der Waals surface area (Å²) in [6.45, 7) is 0. The number of nitrogens with one attached hydrogen (secondary N) is 2. The topological polar surface area (TPSA) is 138 Å². The Hall–Kier alpha value is -3.55. The first kappa shape index (κ1) is 20.8. The molecule has 1 amide bonds. The summed E-state index contributed by atoms with van der Waals surface area (Å²) in [5, 5.41) is 14.5. The van der Waals surface area contributed by atoms with E-state index in [-0.39, 0.29) is 16.2 Å². The van der Waals surface area contributed by atoms with Crippen molar-refractivity contribution in [3.8, 4) is 17.6 Å². The second-order valence-electron chi connectivity index (χ2n) is 5.34. The normalized spacial score (nSPS) is 11.3. The zero-order valence-corrected chi connectivity index (χ0v) is 15.8. The number of ether oxygens (including phenoxy) is 2. The molecule has 0 saturated carbocycles. The second kappa shape index (κ2) is 8.90. The van der Waals surface area contributed by atoms with Gasteiger partial charge in [0, 0.05) is 18.0 Å². The monoisotopic (exact) mass is 403 g/mol. The Kier molecular flexibility index (Phi) is 6.59. The van der Waals surface area contributed by atoms with Crippen molar-refractivity contribution in [1.82, 2.24) is 0 Å². The van der Waals surface area contributed by atoms with Gasteiger partial charge in [0.05, 0.1) is 24.8 Å². The van der Waals surface area contributed by atoms with Crippen molar-refractivity contribution in [3.63, 3.8) is 0 Å². The highest BCUT2D eigenvalue weighted by atomic mass is 32.2. The Balaban J connectivity index is 2.22. The van der Waals surface area contributed by atoms with Gasteiger partial charge in [-0.15, -0.1) is 0 Å². The third kappa shape index (κ3) is 5.23. The third-order valence-electron chi connectivity index (χ3n) is 3.53. The number of nitriles is 1. The highest BCUT2D eigenvalue weighted by Gasteiger charge is 2.14. The minimum absolute atomic E-state index is 0.259. The van der Waals surface area contributed by atoms with E-state index in [1.54, 1.807) is 18.2 Å². The number of anilines is 2. The van der Waals surface area contributed by atoms with Crippen LogP contribution in [0.1, 0.15) is 0 Å². The van der Waals surface area contributed by atoms with Crippen molar-refractivity contribution in [2.45, 2.75) is 4.90 Å². The summed E-state index contributed by atoms with van der Waals surface area (Å²) >= 11 is 0. The first-order valence-corrected chi connectivity index (χ1v) is 9.20. The second-order valence-corrected chi connectivity index (χ2v) is 6.76. The SMILES string of the molecule is COc1ccc(OC)c(NC(=O)/C(C#N)=C\Nc2cccc(S(=O)(=O)O)c2)c1. The summed E-state index contributed by atoms with van der Waals surface area (Å²) in [4.78, 5) is 12.1. The fraction of sp³-hybridized carbons (Fsp3) is 0.111. The van der Waals surface area contributed by atoms with Crippen LogP contribution < -0.4 is 20.1 Å². The highest BCUT2D eigenvalue weighted by Crippen LogP contribution is 2.29. The molecule has 0 aliphatic heterocycles. The van der Waals surface area contributed by atoms with Crippen LogP contribution in [0.2, 0.25) is 0 Å². The van der Waals surface area contributed by atoms with Crippen LogP contribution in [-0.2, 0) is 14.9 Å². The molecule has 0 fully saturated rings. The van der Waals surface area contributed by atoms with E-state index in [1.807, 2.05) is 0 Å². The van der Waals surface area contributed by atoms with Crippen LogP contribution in [0.15, 0.2) is 59.1 Å². The fourth-order valence-electron chi connectivity index (χ4n) is 2.15. The molecule has 0 radical (unpaired) electrons. The van der Waals surface area contributed by atoms with Gasteiger partial charge in [-0.05, 0) is 30.3 Å². The molecular formula is C18H17N3O6S. The molecular weight excluding hydrogens is 386 g/mol. The van der Waals surface area contributed by atoms with E-state index in [0.29, 0.717) is 17.2 Å². The third-order valence-corrected chi connectivity index (χ3v) is 4.38. The predicted octanol–water partition coefficient (Wildman–Crippen LogP) is 2.41. The minimum atomic E-state index is -4.37. The molecule has 0 heterocycles. The van der Waals surface area contributed by atoms with Crippen LogP contribution in [0, 0.1) is 11.3 Å². The van der Waals surface area contributed by atoms with Crippen LogP contribution >= 0.6 is 0 Å². The number of rotatable bonds is 7. The summed E-state index contributed by atoms with van der Waals surface area (Å²) in [6.07, 6.45) is 1.12. The molecule has 0 unspecified atom stereocenters. The minimum Gasteiger partial charge on any atom is -0.497 e. The predicted molar refractivity (Wildman–Crippen MR) is 102 cm³/mol. The molecule has 10 heteroatoms. The molecule has 2 rings (SSSR count). The molecule has 0 aromatic heterocycles. The van der Waals surface area contributed by atoms with Gasteiger partial charge < -0.3 is 20.1 Å². The first-order valence-electron chi connectivity index (χ1n) is 7.76. The Morgan fingerprint density at radius 2 is 1.93 bits per heavy atom. The molecule has 0 atom stereocenters. The molecule has 3 N–H and O–H groups in total. The van der Waals surface area contributed by atoms with Crippen LogP contribution in [0.4, 0.5) is 11.4 Å². The Labute approximate surface area is 161 Å². The summed E-state index contributed by atoms with van der Waals surface area (Å²) in [6, 6.07) is 11.8. The lowest BCUT2D eigenvalue weighted by Gasteiger charge is -2.11. The van der Waals surface area contributed by atoms with Crippen LogP contribution in [0.3, 0.4) is 0 Å². The van der Waals surface area contributed by atoms with Gasteiger partial charge >= 0.3 is 0 Å². The molecule has 9 nitrogen and oxygen atoms in total. The first-order chi connectivity index (χ1) is 13.3. The Bertz CT molecular complexity index is 1060. The smallest absolute Gasteiger partial charge is 0.294 e. The zero-order valence-electron chi connectivity index (χ0n) is 15.0. The van der Waals surface area contributed by atoms with E-state index < -0.39 is 16.0 Å². The summed E-state index contributed by atoms with van der Waals surface area (Å²) in [7, 11) is -1.47. The largest absolute Gasteiger partial charge is 0.497 e. The average molecular weight is 403 g/mol. The lowest BCUT2D eigenvalue weighted by molar-refractivity contribution is -0.112. The van der Waals surface area contributed by atoms with Crippen LogP contribution in [-0.4, -0.2) is 33.1 Å². The number of amides is 1. The van der Waals surface area contributed by atoms with Gasteiger partial charge in [-0.1, -0.05) is 6.07 Å². The summed E-state index contributed by atoms with van der Waals surface area (Å²) in [5.74, 6) is 0.145. The number of methoxy groups -OCH3 is 2. The van der Waals surface area contributed by atoms with E-state index >= 15 is 0 Å². The number of benzene rings is 2. The lowest BCUT2D eigenvalue weighted by atomic mass is 10.2. The van der Waals surface area contributed by atoms with Gasteiger partial charge in [0.2, 0.25) is 0 Å². The van der Waals surface area contributed by atoms with Crippen molar-refractivity contribution >= 4 is 27.4 Å². The van der Waals surface area contributed by atoms with Gasteiger partial charge in [0.15, 0.2) is 0 Å². The van der Waals surface area contributed by atoms with Gasteiger partial charge in [-0.25, -0.2) is 0 Å². The average Bonchev–Trinajstić information content (AvgIpc) is 2.68. The van der Waals surface area contributed by atoms with Crippen molar-refractivity contribution < 1.29 is 27.2 Å². The van der Waals surface area contributed by atoms with Crippen molar-refractivity contribution in [2.75, 3.05) is 24.9 Å². The van der Waals surface area contributed by atoms with Crippen LogP contribution in [0.25, 0.3) is 0 Å². The number of carbonyl (C=O) groups excluding carboxylic acids is 1. The van der Waals surface area contributed by atoms with E-state index in [1.165, 1.54) is 38.5 Å². The van der Waals surface area contributed by atoms with Crippen molar-refractivity contribution in [1.29, 1.82) is 5.26 Å². The standard InChI is InChI=1S/C18H17N3O6S/c1-26-14-6-7-17(27-2)16(9-14)21-18(22)12(10-19)11-20-13-4-3-5-15(8-13)28(23,24)25/h3-9,11,20H,1-2H3,(H,21,22)(H,23,24,25)/b12-11-. The van der Waals surface area contributed by atoms with E-state index in [0.717, 1.165) is 12.3 Å². The molecule has 0 saturated heterocycles. The molecule has 28 heavy (non-hydrogen) atoms. The molecule has 2 aromatic carbocycles. The van der Waals surface area contributed by atoms with E-state index in [2.05, 4.69) is 10.6 Å². The maximum absolute atomic E-state index is 12.4. The maximum Gasteiger partial charge on any atom is 0.294 e. The number of hydrogen-bond acceptors (Lipinski definition) is 7. The number of nitrogens with zero attached hydrogens (tertiary/aromatic N) is 1. The van der Waals surface area contributed by atoms with Crippen LogP contribution in [0.5, 0.6) is 11.5 Å². The number of hydrogen-bond donors (Lipinski definition) is 3. The maximum atomic E-state index is 12.4. The van der Waals surface area contributed by atoms with Gasteiger partial charge in [-0.2, -0.15) is 13.7 Å². The molecule has 0 spiro atoms. The molecule has 0 aliphatic rings. The quantitative estimate of drug-likeness (QED) is 0.364. The van der Waals surface area contributed by atoms with E-state index in [9.17, 15) is 18.5 Å². The highest BCUT2D eigenvalue weighted by molar-refractivity contribution is 7.85. The Morgan fingerprint density at radius 1 is 1.18 bits per heavy atom. The van der Waals surface area contributed by atoms with Crippen molar-refractivity contribution in [2.24, 2.45) is 0 Å². The van der Waals surface area contributed by atoms with Gasteiger partial charge in [0.25, 0.3) is 16.0 Å². The zero-order chi connectivity index (χ0) is 20.7. The lowest BCUT2D eigenvalue weighted by Crippen LogP contribution is -2.15. The van der Waals surface area contributed by atoms with Gasteiger partial charge in [-0.3, -0.25) is 9.35 Å². The summed E-state index contributed by atoms with van der Waals surface area (Å²) in [5.41, 5.74) is 0.290. The fourth-order valence-corrected chi connectivity index (χ4v) is 2.68. The summed E-state index contributed by atoms with van der Waals surface area (Å²) < 4.78 is 41.7.